The molecule has 2 heterocycles. The van der Waals surface area contributed by atoms with E-state index in [1.54, 1.807) is 6.92 Å². The highest BCUT2D eigenvalue weighted by Crippen LogP contribution is 2.29. The molecule has 0 unspecified atom stereocenters. The van der Waals surface area contributed by atoms with Crippen LogP contribution in [0.5, 0.6) is 0 Å². The molecule has 1 fully saturated rings. The highest BCUT2D eigenvalue weighted by atomic mass is 16.5. The smallest absolute Gasteiger partial charge is 0.312 e. The van der Waals surface area contributed by atoms with Crippen molar-refractivity contribution in [3.05, 3.63) is 23.9 Å². The maximum atomic E-state index is 11.6. The molecule has 1 saturated heterocycles. The third-order valence-corrected chi connectivity index (χ3v) is 4.05. The number of fused-ring (bicyclic) bond motifs is 1. The lowest BCUT2D eigenvalue weighted by Crippen LogP contribution is -2.20. The number of carbonyl (C=O) groups is 1. The molecule has 1 atom stereocenters. The number of benzene rings is 1. The lowest BCUT2D eigenvalue weighted by molar-refractivity contribution is -0.142. The van der Waals surface area contributed by atoms with Crippen molar-refractivity contribution in [2.24, 2.45) is 5.92 Å². The molecule has 0 aliphatic carbocycles. The van der Waals surface area contributed by atoms with E-state index in [1.165, 1.54) is 0 Å². The first-order valence-corrected chi connectivity index (χ1v) is 7.61. The predicted octanol–water partition coefficient (Wildman–Crippen LogP) is 1.75. The molecule has 118 valence electrons. The molecular weight excluding hydrogens is 284 g/mol. The SMILES string of the molecule is CCOC(=O)Cc1noc2ccc(N3CC[C@H](CO)C3)cc12. The van der Waals surface area contributed by atoms with Gasteiger partial charge in [-0.2, -0.15) is 0 Å². The van der Waals surface area contributed by atoms with Crippen LogP contribution < -0.4 is 4.90 Å². The van der Waals surface area contributed by atoms with Gasteiger partial charge in [0, 0.05) is 36.7 Å². The van der Waals surface area contributed by atoms with Gasteiger partial charge in [0.05, 0.1) is 13.0 Å². The van der Waals surface area contributed by atoms with Gasteiger partial charge < -0.3 is 19.3 Å². The minimum Gasteiger partial charge on any atom is -0.466 e. The van der Waals surface area contributed by atoms with E-state index >= 15 is 0 Å². The van der Waals surface area contributed by atoms with Crippen LogP contribution in [0, 0.1) is 5.92 Å². The van der Waals surface area contributed by atoms with Crippen LogP contribution in [0.2, 0.25) is 0 Å². The van der Waals surface area contributed by atoms with E-state index in [0.29, 0.717) is 23.8 Å². The summed E-state index contributed by atoms with van der Waals surface area (Å²) in [6.45, 7) is 4.13. The standard InChI is InChI=1S/C16H20N2O4/c1-2-21-16(20)8-14-13-7-12(3-4-15(13)22-17-14)18-6-5-11(9-18)10-19/h3-4,7,11,19H,2,5-6,8-10H2,1H3/t11-/m0/s1. The second-order valence-electron chi connectivity index (χ2n) is 5.57. The van der Waals surface area contributed by atoms with Crippen LogP contribution in [0.15, 0.2) is 22.7 Å². The zero-order valence-electron chi connectivity index (χ0n) is 12.6. The second-order valence-corrected chi connectivity index (χ2v) is 5.57. The van der Waals surface area contributed by atoms with Crippen molar-refractivity contribution in [3.63, 3.8) is 0 Å². The van der Waals surface area contributed by atoms with E-state index in [1.807, 2.05) is 18.2 Å². The number of aromatic nitrogens is 1. The maximum absolute atomic E-state index is 11.6. The molecule has 22 heavy (non-hydrogen) atoms. The minimum absolute atomic E-state index is 0.115. The van der Waals surface area contributed by atoms with Crippen molar-refractivity contribution in [3.8, 4) is 0 Å². The van der Waals surface area contributed by atoms with Crippen molar-refractivity contribution in [1.82, 2.24) is 5.16 Å². The van der Waals surface area contributed by atoms with Gasteiger partial charge >= 0.3 is 5.97 Å². The first kappa shape index (κ1) is 14.8. The summed E-state index contributed by atoms with van der Waals surface area (Å²) >= 11 is 0. The average molecular weight is 304 g/mol. The number of hydrogen-bond donors (Lipinski definition) is 1. The lowest BCUT2D eigenvalue weighted by atomic mass is 10.1. The number of aliphatic hydroxyl groups excluding tert-OH is 1. The molecule has 1 N–H and O–H groups in total. The number of aliphatic hydroxyl groups is 1. The number of nitrogens with zero attached hydrogens (tertiary/aromatic N) is 2. The molecule has 0 spiro atoms. The quantitative estimate of drug-likeness (QED) is 0.848. The van der Waals surface area contributed by atoms with Crippen molar-refractivity contribution < 1.29 is 19.2 Å². The molecule has 3 rings (SSSR count). The molecule has 6 heteroatoms. The second kappa shape index (κ2) is 6.36. The van der Waals surface area contributed by atoms with E-state index in [9.17, 15) is 9.90 Å². The summed E-state index contributed by atoms with van der Waals surface area (Å²) < 4.78 is 10.2. The molecule has 1 aromatic carbocycles. The van der Waals surface area contributed by atoms with Gasteiger partial charge in [-0.05, 0) is 31.5 Å². The van der Waals surface area contributed by atoms with Crippen LogP contribution in [0.1, 0.15) is 19.0 Å². The van der Waals surface area contributed by atoms with Gasteiger partial charge in [-0.15, -0.1) is 0 Å². The van der Waals surface area contributed by atoms with Crippen LogP contribution in [-0.2, 0) is 16.0 Å². The van der Waals surface area contributed by atoms with Crippen molar-refractivity contribution in [2.45, 2.75) is 19.8 Å². The highest BCUT2D eigenvalue weighted by molar-refractivity contribution is 5.87. The Kier molecular flexibility index (Phi) is 4.29. The number of esters is 1. The summed E-state index contributed by atoms with van der Waals surface area (Å²) in [5.41, 5.74) is 2.34. The molecule has 6 nitrogen and oxygen atoms in total. The largest absolute Gasteiger partial charge is 0.466 e. The van der Waals surface area contributed by atoms with Gasteiger partial charge in [0.25, 0.3) is 0 Å². The van der Waals surface area contributed by atoms with Crippen LogP contribution in [0.3, 0.4) is 0 Å². The molecule has 1 aliphatic heterocycles. The van der Waals surface area contributed by atoms with E-state index in [4.69, 9.17) is 9.26 Å². The summed E-state index contributed by atoms with van der Waals surface area (Å²) in [5.74, 6) is 0.0294. The molecule has 1 aromatic heterocycles. The molecular formula is C16H20N2O4. The third-order valence-electron chi connectivity index (χ3n) is 4.05. The lowest BCUT2D eigenvalue weighted by Gasteiger charge is -2.18. The van der Waals surface area contributed by atoms with Crippen molar-refractivity contribution in [2.75, 3.05) is 31.2 Å². The van der Waals surface area contributed by atoms with Gasteiger partial charge in [-0.1, -0.05) is 5.16 Å². The Hall–Kier alpha value is -2.08. The Bertz CT molecular complexity index is 667. The minimum atomic E-state index is -0.301. The Morgan fingerprint density at radius 1 is 1.55 bits per heavy atom. The van der Waals surface area contributed by atoms with Gasteiger partial charge in [-0.3, -0.25) is 4.79 Å². The molecule has 2 aromatic rings. The zero-order chi connectivity index (χ0) is 15.5. The summed E-state index contributed by atoms with van der Waals surface area (Å²) in [7, 11) is 0. The zero-order valence-corrected chi connectivity index (χ0v) is 12.6. The van der Waals surface area contributed by atoms with E-state index in [0.717, 1.165) is 30.6 Å². The highest BCUT2D eigenvalue weighted by Gasteiger charge is 2.23. The molecule has 0 saturated carbocycles. The molecule has 1 aliphatic rings. The maximum Gasteiger partial charge on any atom is 0.312 e. The Balaban J connectivity index is 1.84. The Morgan fingerprint density at radius 3 is 3.14 bits per heavy atom. The van der Waals surface area contributed by atoms with Crippen LogP contribution in [0.25, 0.3) is 11.0 Å². The molecule has 0 radical (unpaired) electrons. The monoisotopic (exact) mass is 304 g/mol. The normalized spacial score (nSPS) is 18.1. The molecule has 0 amide bonds. The van der Waals surface area contributed by atoms with Crippen LogP contribution in [0.4, 0.5) is 5.69 Å². The van der Waals surface area contributed by atoms with Crippen molar-refractivity contribution in [1.29, 1.82) is 0 Å². The predicted molar refractivity (Wildman–Crippen MR) is 81.8 cm³/mol. The fraction of sp³-hybridized carbons (Fsp3) is 0.500. The first-order chi connectivity index (χ1) is 10.7. The van der Waals surface area contributed by atoms with Gasteiger partial charge in [0.2, 0.25) is 0 Å². The third kappa shape index (κ3) is 2.92. The number of hydrogen-bond acceptors (Lipinski definition) is 6. The average Bonchev–Trinajstić information content (AvgIpc) is 3.14. The number of carbonyl (C=O) groups excluding carboxylic acids is 1. The van der Waals surface area contributed by atoms with Crippen molar-refractivity contribution >= 4 is 22.6 Å². The number of rotatable bonds is 5. The topological polar surface area (TPSA) is 75.8 Å². The molecule has 0 bridgehead atoms. The van der Waals surface area contributed by atoms with Gasteiger partial charge in [0.1, 0.15) is 5.69 Å². The van der Waals surface area contributed by atoms with E-state index in [2.05, 4.69) is 10.1 Å². The summed E-state index contributed by atoms with van der Waals surface area (Å²) in [6, 6.07) is 5.86. The number of ether oxygens (including phenoxy) is 1. The van der Waals surface area contributed by atoms with Gasteiger partial charge in [-0.25, -0.2) is 0 Å². The Morgan fingerprint density at radius 2 is 2.41 bits per heavy atom. The van der Waals surface area contributed by atoms with E-state index < -0.39 is 0 Å². The summed E-state index contributed by atoms with van der Waals surface area (Å²) in [4.78, 5) is 13.9. The van der Waals surface area contributed by atoms with Gasteiger partial charge in [0.15, 0.2) is 5.58 Å². The fourth-order valence-electron chi connectivity index (χ4n) is 2.87. The number of anilines is 1. The Labute approximate surface area is 128 Å². The first-order valence-electron chi connectivity index (χ1n) is 7.61. The van der Waals surface area contributed by atoms with Crippen LogP contribution >= 0.6 is 0 Å². The van der Waals surface area contributed by atoms with E-state index in [-0.39, 0.29) is 19.0 Å². The van der Waals surface area contributed by atoms with Crippen LogP contribution in [-0.4, -0.2) is 42.5 Å². The summed E-state index contributed by atoms with van der Waals surface area (Å²) in [6.07, 6.45) is 1.11. The summed E-state index contributed by atoms with van der Waals surface area (Å²) in [5, 5.41) is 14.1. The fourth-order valence-corrected chi connectivity index (χ4v) is 2.87.